The second-order valence-electron chi connectivity index (χ2n) is 10.8. The third-order valence-electron chi connectivity index (χ3n) is 6.89. The average molecular weight is 589 g/mol. The molecular formula is C30H31ClF2N2O6. The van der Waals surface area contributed by atoms with Gasteiger partial charge in [0, 0.05) is 29.8 Å². The van der Waals surface area contributed by atoms with Crippen LogP contribution in [-0.4, -0.2) is 54.9 Å². The first-order valence-corrected chi connectivity index (χ1v) is 13.1. The molecule has 0 spiro atoms. The summed E-state index contributed by atoms with van der Waals surface area (Å²) in [4.78, 5) is 26.7. The highest BCUT2D eigenvalue weighted by atomic mass is 35.5. The first-order valence-electron chi connectivity index (χ1n) is 12.7. The number of carbonyl (C=O) groups is 2. The fraction of sp³-hybridized carbons (Fsp3) is 0.333. The molecule has 3 aromatic carbocycles. The second-order valence-corrected chi connectivity index (χ2v) is 11.1. The number of halogens is 3. The fourth-order valence-corrected chi connectivity index (χ4v) is 5.42. The van der Waals surface area contributed by atoms with Crippen molar-refractivity contribution in [3.8, 4) is 22.6 Å². The number of ether oxygens (including phenoxy) is 3. The Morgan fingerprint density at radius 3 is 2.37 bits per heavy atom. The van der Waals surface area contributed by atoms with Crippen molar-refractivity contribution in [2.45, 2.75) is 37.9 Å². The highest BCUT2D eigenvalue weighted by Crippen LogP contribution is 2.56. The van der Waals surface area contributed by atoms with Crippen molar-refractivity contribution < 1.29 is 37.7 Å². The summed E-state index contributed by atoms with van der Waals surface area (Å²) in [5.41, 5.74) is 3.06. The van der Waals surface area contributed by atoms with Gasteiger partial charge in [-0.25, -0.2) is 13.6 Å². The van der Waals surface area contributed by atoms with E-state index in [0.29, 0.717) is 5.56 Å². The van der Waals surface area contributed by atoms with Crippen LogP contribution in [0.15, 0.2) is 48.5 Å². The molecule has 0 radical (unpaired) electrons. The molecule has 0 aromatic heterocycles. The molecule has 3 N–H and O–H groups in total. The molecule has 1 aliphatic heterocycles. The van der Waals surface area contributed by atoms with Crippen molar-refractivity contribution in [3.63, 3.8) is 0 Å². The molecule has 4 rings (SSSR count). The molecule has 0 unspecified atom stereocenters. The molecule has 2 amide bonds. The van der Waals surface area contributed by atoms with E-state index in [0.717, 1.165) is 6.07 Å². The first-order chi connectivity index (χ1) is 19.3. The fourth-order valence-electron chi connectivity index (χ4n) is 5.17. The lowest BCUT2D eigenvalue weighted by Crippen LogP contribution is -2.49. The van der Waals surface area contributed by atoms with Gasteiger partial charge in [0.15, 0.2) is 17.2 Å². The molecule has 11 heteroatoms. The molecule has 2 atom stereocenters. The summed E-state index contributed by atoms with van der Waals surface area (Å²) in [5.74, 6) is -4.27. The maximum absolute atomic E-state index is 15.9. The molecule has 8 nitrogen and oxygen atoms in total. The van der Waals surface area contributed by atoms with Gasteiger partial charge in [0.2, 0.25) is 5.91 Å². The molecule has 0 saturated heterocycles. The van der Waals surface area contributed by atoms with Gasteiger partial charge in [-0.1, -0.05) is 41.9 Å². The topological polar surface area (TPSA) is 111 Å². The average Bonchev–Trinajstić information content (AvgIpc) is 3.22. The Hall–Kier alpha value is -3.89. The van der Waals surface area contributed by atoms with Gasteiger partial charge in [-0.05, 0) is 38.5 Å². The Kier molecular flexibility index (Phi) is 8.20. The third-order valence-corrected chi connectivity index (χ3v) is 7.26. The number of amides is 2. The van der Waals surface area contributed by atoms with Gasteiger partial charge in [-0.2, -0.15) is 0 Å². The van der Waals surface area contributed by atoms with E-state index in [9.17, 15) is 14.7 Å². The molecular weight excluding hydrogens is 558 g/mol. The third kappa shape index (κ3) is 5.41. The molecule has 1 heterocycles. The van der Waals surface area contributed by atoms with Gasteiger partial charge in [-0.15, -0.1) is 0 Å². The normalized spacial score (nSPS) is 17.9. The zero-order valence-electron chi connectivity index (χ0n) is 23.3. The molecule has 218 valence electrons. The van der Waals surface area contributed by atoms with E-state index in [4.69, 9.17) is 31.5 Å². The summed E-state index contributed by atoms with van der Waals surface area (Å²) in [6, 6.07) is 12.2. The number of hydrogen-bond acceptors (Lipinski definition) is 6. The Balaban J connectivity index is 2.01. The van der Waals surface area contributed by atoms with Crippen molar-refractivity contribution >= 4 is 23.6 Å². The standard InChI is InChI=1S/C30H31ClF2N2O6/c1-29(2,3)41-28(38)35(4)15-30(16-9-7-6-8-10-16)18(14-36)23-21(40-30)13-19(32)25(31)24(23)22-17(27(34)37)11-12-20(39-5)26(22)33/h6-13,18,36H,14-15H2,1-5H3,(H2,34,37)/t18-,30+/m0/s1. The Morgan fingerprint density at radius 1 is 1.15 bits per heavy atom. The number of likely N-dealkylation sites (N-methyl/N-ethyl adjacent to an activating group) is 1. The SMILES string of the molecule is COc1ccc(C(N)=O)c(-c2c(Cl)c(F)cc3c2[C@H](CO)[C@@](CN(C)C(=O)OC(C)(C)C)(c2ccccc2)O3)c1F. The zero-order valence-corrected chi connectivity index (χ0v) is 24.0. The van der Waals surface area contributed by atoms with Gasteiger partial charge in [0.1, 0.15) is 17.2 Å². The van der Waals surface area contributed by atoms with Gasteiger partial charge >= 0.3 is 6.09 Å². The van der Waals surface area contributed by atoms with Crippen LogP contribution in [0.25, 0.3) is 11.1 Å². The maximum atomic E-state index is 15.9. The van der Waals surface area contributed by atoms with Crippen LogP contribution in [0.4, 0.5) is 13.6 Å². The Bertz CT molecular complexity index is 1490. The van der Waals surface area contributed by atoms with Crippen LogP contribution in [0.1, 0.15) is 48.2 Å². The molecule has 1 aliphatic rings. The molecule has 41 heavy (non-hydrogen) atoms. The smallest absolute Gasteiger partial charge is 0.410 e. The van der Waals surface area contributed by atoms with Crippen molar-refractivity contribution in [2.24, 2.45) is 5.73 Å². The summed E-state index contributed by atoms with van der Waals surface area (Å²) in [7, 11) is 2.73. The first kappa shape index (κ1) is 30.1. The number of aliphatic hydroxyl groups excluding tert-OH is 1. The van der Waals surface area contributed by atoms with E-state index in [2.05, 4.69) is 0 Å². The predicted octanol–water partition coefficient (Wildman–Crippen LogP) is 5.62. The largest absolute Gasteiger partial charge is 0.494 e. The van der Waals surface area contributed by atoms with Crippen molar-refractivity contribution in [1.29, 1.82) is 0 Å². The van der Waals surface area contributed by atoms with Gasteiger partial charge in [0.25, 0.3) is 0 Å². The number of nitrogens with two attached hydrogens (primary N) is 1. The van der Waals surface area contributed by atoms with E-state index < -0.39 is 57.9 Å². The minimum absolute atomic E-state index is 0.0555. The van der Waals surface area contributed by atoms with Crippen molar-refractivity contribution in [1.82, 2.24) is 4.90 Å². The number of hydrogen-bond donors (Lipinski definition) is 2. The monoisotopic (exact) mass is 588 g/mol. The minimum Gasteiger partial charge on any atom is -0.494 e. The van der Waals surface area contributed by atoms with Crippen LogP contribution in [0.2, 0.25) is 5.02 Å². The number of aliphatic hydroxyl groups is 1. The minimum atomic E-state index is -1.50. The van der Waals surface area contributed by atoms with Crippen LogP contribution in [0, 0.1) is 11.6 Å². The number of nitrogens with zero attached hydrogens (tertiary/aromatic N) is 1. The lowest BCUT2D eigenvalue weighted by molar-refractivity contribution is -0.00972. The lowest BCUT2D eigenvalue weighted by Gasteiger charge is -2.38. The molecule has 0 bridgehead atoms. The summed E-state index contributed by atoms with van der Waals surface area (Å²) >= 11 is 6.49. The van der Waals surface area contributed by atoms with Crippen LogP contribution in [0.5, 0.6) is 11.5 Å². The van der Waals surface area contributed by atoms with Crippen molar-refractivity contribution in [2.75, 3.05) is 27.3 Å². The highest BCUT2D eigenvalue weighted by Gasteiger charge is 2.53. The highest BCUT2D eigenvalue weighted by molar-refractivity contribution is 6.34. The van der Waals surface area contributed by atoms with Gasteiger partial charge < -0.3 is 30.0 Å². The summed E-state index contributed by atoms with van der Waals surface area (Å²) in [6.45, 7) is 4.42. The van der Waals surface area contributed by atoms with Gasteiger partial charge in [0.05, 0.1) is 36.8 Å². The predicted molar refractivity (Wildman–Crippen MR) is 149 cm³/mol. The number of carbonyl (C=O) groups excluding carboxylic acids is 2. The molecule has 0 fully saturated rings. The zero-order chi connectivity index (χ0) is 30.3. The van der Waals surface area contributed by atoms with Crippen LogP contribution >= 0.6 is 11.6 Å². The number of rotatable bonds is 7. The summed E-state index contributed by atoms with van der Waals surface area (Å²) < 4.78 is 48.4. The summed E-state index contributed by atoms with van der Waals surface area (Å²) in [6.07, 6.45) is -0.664. The summed E-state index contributed by atoms with van der Waals surface area (Å²) in [5, 5.41) is 10.4. The number of primary amides is 1. The van der Waals surface area contributed by atoms with E-state index in [1.165, 1.54) is 31.2 Å². The second kappa shape index (κ2) is 11.2. The van der Waals surface area contributed by atoms with Crippen molar-refractivity contribution in [3.05, 3.63) is 81.9 Å². The van der Waals surface area contributed by atoms with E-state index >= 15 is 8.78 Å². The van der Waals surface area contributed by atoms with Crippen LogP contribution < -0.4 is 15.2 Å². The van der Waals surface area contributed by atoms with Crippen LogP contribution in [0.3, 0.4) is 0 Å². The Morgan fingerprint density at radius 2 is 1.80 bits per heavy atom. The molecule has 0 aliphatic carbocycles. The number of methoxy groups -OCH3 is 1. The van der Waals surface area contributed by atoms with Crippen LogP contribution in [-0.2, 0) is 10.3 Å². The Labute approximate surface area is 241 Å². The number of benzene rings is 3. The maximum Gasteiger partial charge on any atom is 0.410 e. The lowest BCUT2D eigenvalue weighted by atomic mass is 9.76. The quantitative estimate of drug-likeness (QED) is 0.370. The molecule has 0 saturated carbocycles. The van der Waals surface area contributed by atoms with E-state index in [1.807, 2.05) is 0 Å². The van der Waals surface area contributed by atoms with E-state index in [-0.39, 0.29) is 34.7 Å². The van der Waals surface area contributed by atoms with E-state index in [1.54, 1.807) is 51.1 Å². The number of fused-ring (bicyclic) bond motifs is 1. The van der Waals surface area contributed by atoms with Gasteiger partial charge in [-0.3, -0.25) is 4.79 Å². The molecule has 3 aromatic rings.